The number of nitrogens with zero attached hydrogens (tertiary/aromatic N) is 2. The van der Waals surface area contributed by atoms with Crippen LogP contribution in [0.2, 0.25) is 0 Å². The van der Waals surface area contributed by atoms with Gasteiger partial charge in [-0.1, -0.05) is 5.92 Å². The molecule has 0 radical (unpaired) electrons. The van der Waals surface area contributed by atoms with Gasteiger partial charge in [0.05, 0.1) is 6.54 Å². The zero-order valence-electron chi connectivity index (χ0n) is 6.24. The van der Waals surface area contributed by atoms with Gasteiger partial charge in [-0.15, -0.1) is 6.42 Å². The Morgan fingerprint density at radius 1 is 1.82 bits per heavy atom. The molecule has 0 aliphatic rings. The summed E-state index contributed by atoms with van der Waals surface area (Å²) in [5.74, 6) is 3.04. The molecule has 0 saturated heterocycles. The lowest BCUT2D eigenvalue weighted by molar-refractivity contribution is 0.727. The third-order valence-electron chi connectivity index (χ3n) is 1.38. The fourth-order valence-corrected chi connectivity index (χ4v) is 0.812. The monoisotopic (exact) mass is 148 g/mol. The lowest BCUT2D eigenvalue weighted by Crippen LogP contribution is -2.21. The second-order valence-electron chi connectivity index (χ2n) is 2.12. The van der Waals surface area contributed by atoms with Crippen molar-refractivity contribution in [3.05, 3.63) is 28.4 Å². The minimum Gasteiger partial charge on any atom is -0.285 e. The molecule has 0 aliphatic carbocycles. The van der Waals surface area contributed by atoms with Crippen molar-refractivity contribution in [2.75, 3.05) is 0 Å². The van der Waals surface area contributed by atoms with Crippen LogP contribution in [0.3, 0.4) is 0 Å². The first kappa shape index (κ1) is 7.55. The van der Waals surface area contributed by atoms with E-state index in [0.29, 0.717) is 12.4 Å². The Morgan fingerprint density at radius 3 is 3.09 bits per heavy atom. The minimum absolute atomic E-state index is 0.101. The maximum Gasteiger partial charge on any atom is 0.254 e. The Bertz CT molecular complexity index is 346. The van der Waals surface area contributed by atoms with E-state index in [9.17, 15) is 4.79 Å². The van der Waals surface area contributed by atoms with Gasteiger partial charge in [0.25, 0.3) is 5.56 Å². The molecule has 3 heteroatoms. The van der Waals surface area contributed by atoms with Gasteiger partial charge in [0.15, 0.2) is 0 Å². The molecule has 56 valence electrons. The molecule has 0 aromatic carbocycles. The van der Waals surface area contributed by atoms with E-state index in [1.165, 1.54) is 16.8 Å². The average Bonchev–Trinajstić information content (AvgIpc) is 1.97. The summed E-state index contributed by atoms with van der Waals surface area (Å²) >= 11 is 0. The fourth-order valence-electron chi connectivity index (χ4n) is 0.812. The van der Waals surface area contributed by atoms with E-state index >= 15 is 0 Å². The topological polar surface area (TPSA) is 34.9 Å². The molecule has 1 aromatic heterocycles. The largest absolute Gasteiger partial charge is 0.285 e. The molecule has 3 nitrogen and oxygen atoms in total. The Hall–Kier alpha value is -1.56. The van der Waals surface area contributed by atoms with Crippen molar-refractivity contribution in [2.24, 2.45) is 0 Å². The second-order valence-corrected chi connectivity index (χ2v) is 2.12. The van der Waals surface area contributed by atoms with Gasteiger partial charge in [0.1, 0.15) is 5.82 Å². The van der Waals surface area contributed by atoms with E-state index in [4.69, 9.17) is 6.42 Å². The molecule has 0 aliphatic heterocycles. The summed E-state index contributed by atoms with van der Waals surface area (Å²) in [6, 6.07) is 1.39. The quantitative estimate of drug-likeness (QED) is 0.533. The molecule has 1 rings (SSSR count). The first-order chi connectivity index (χ1) is 5.25. The molecule has 0 amide bonds. The van der Waals surface area contributed by atoms with Gasteiger partial charge < -0.3 is 0 Å². The van der Waals surface area contributed by atoms with Crippen molar-refractivity contribution in [2.45, 2.75) is 13.5 Å². The third-order valence-corrected chi connectivity index (χ3v) is 1.38. The number of terminal acetylenes is 1. The fraction of sp³-hybridized carbons (Fsp3) is 0.250. The van der Waals surface area contributed by atoms with Crippen LogP contribution in [0.5, 0.6) is 0 Å². The molecule has 0 N–H and O–H groups in total. The zero-order chi connectivity index (χ0) is 8.27. The number of aryl methyl sites for hydroxylation is 1. The molecule has 1 aromatic rings. The molecule has 0 saturated carbocycles. The lowest BCUT2D eigenvalue weighted by atomic mass is 10.5. The average molecular weight is 148 g/mol. The van der Waals surface area contributed by atoms with Gasteiger partial charge in [-0.2, -0.15) is 0 Å². The van der Waals surface area contributed by atoms with E-state index in [-0.39, 0.29) is 5.56 Å². The highest BCUT2D eigenvalue weighted by Crippen LogP contribution is 1.85. The van der Waals surface area contributed by atoms with Crippen LogP contribution in [0.1, 0.15) is 5.82 Å². The molecule has 11 heavy (non-hydrogen) atoms. The van der Waals surface area contributed by atoms with Crippen LogP contribution in [-0.2, 0) is 6.54 Å². The third kappa shape index (κ3) is 1.47. The number of hydrogen-bond acceptors (Lipinski definition) is 2. The summed E-state index contributed by atoms with van der Waals surface area (Å²) in [5, 5.41) is 0. The normalized spacial score (nSPS) is 9.09. The van der Waals surface area contributed by atoms with Gasteiger partial charge in [-0.25, -0.2) is 4.98 Å². The van der Waals surface area contributed by atoms with Crippen LogP contribution < -0.4 is 5.56 Å². The van der Waals surface area contributed by atoms with Crippen molar-refractivity contribution in [1.29, 1.82) is 0 Å². The van der Waals surface area contributed by atoms with E-state index in [0.717, 1.165) is 0 Å². The number of rotatable bonds is 1. The summed E-state index contributed by atoms with van der Waals surface area (Å²) < 4.78 is 1.44. The highest BCUT2D eigenvalue weighted by atomic mass is 16.1. The van der Waals surface area contributed by atoms with Crippen LogP contribution in [-0.4, -0.2) is 9.55 Å². The molecule has 0 unspecified atom stereocenters. The van der Waals surface area contributed by atoms with Gasteiger partial charge in [-0.3, -0.25) is 9.36 Å². The molecular formula is C8H8N2O. The van der Waals surface area contributed by atoms with Gasteiger partial charge in [0, 0.05) is 12.3 Å². The van der Waals surface area contributed by atoms with Crippen LogP contribution >= 0.6 is 0 Å². The van der Waals surface area contributed by atoms with Gasteiger partial charge >= 0.3 is 0 Å². The highest BCUT2D eigenvalue weighted by molar-refractivity contribution is 4.96. The summed E-state index contributed by atoms with van der Waals surface area (Å²) in [6.45, 7) is 2.04. The lowest BCUT2D eigenvalue weighted by Gasteiger charge is -2.01. The Labute approximate surface area is 64.7 Å². The Morgan fingerprint density at radius 2 is 2.55 bits per heavy atom. The predicted molar refractivity (Wildman–Crippen MR) is 42.1 cm³/mol. The summed E-state index contributed by atoms with van der Waals surface area (Å²) in [6.07, 6.45) is 6.54. The van der Waals surface area contributed by atoms with E-state index in [1.807, 2.05) is 0 Å². The molecule has 1 heterocycles. The molecule has 0 spiro atoms. The first-order valence-corrected chi connectivity index (χ1v) is 3.21. The van der Waals surface area contributed by atoms with Crippen molar-refractivity contribution in [3.63, 3.8) is 0 Å². The van der Waals surface area contributed by atoms with E-state index in [2.05, 4.69) is 10.9 Å². The van der Waals surface area contributed by atoms with Crippen molar-refractivity contribution in [3.8, 4) is 12.3 Å². The van der Waals surface area contributed by atoms with Crippen molar-refractivity contribution in [1.82, 2.24) is 9.55 Å². The van der Waals surface area contributed by atoms with Gasteiger partial charge in [0.2, 0.25) is 0 Å². The smallest absolute Gasteiger partial charge is 0.254 e. The first-order valence-electron chi connectivity index (χ1n) is 3.21. The Balaban J connectivity index is 3.24. The number of hydrogen-bond donors (Lipinski definition) is 0. The minimum atomic E-state index is -0.101. The van der Waals surface area contributed by atoms with E-state index in [1.54, 1.807) is 6.92 Å². The van der Waals surface area contributed by atoms with Crippen LogP contribution in [0.25, 0.3) is 0 Å². The number of aromatic nitrogens is 2. The predicted octanol–water partition coefficient (Wildman–Crippen LogP) is 0.185. The molecular weight excluding hydrogens is 140 g/mol. The summed E-state index contributed by atoms with van der Waals surface area (Å²) in [4.78, 5) is 15.0. The zero-order valence-corrected chi connectivity index (χ0v) is 6.24. The molecule has 0 atom stereocenters. The molecule has 0 bridgehead atoms. The maximum atomic E-state index is 11.1. The van der Waals surface area contributed by atoms with Crippen molar-refractivity contribution < 1.29 is 0 Å². The second kappa shape index (κ2) is 3.02. The highest BCUT2D eigenvalue weighted by Gasteiger charge is 1.95. The van der Waals surface area contributed by atoms with Crippen LogP contribution in [0, 0.1) is 19.3 Å². The Kier molecular flexibility index (Phi) is 2.07. The standard InChI is InChI=1S/C8H8N2O/c1-3-6-10-7(2)9-5-4-8(10)11/h1,4-5H,6H2,2H3. The maximum absolute atomic E-state index is 11.1. The molecule has 0 fully saturated rings. The van der Waals surface area contributed by atoms with Crippen molar-refractivity contribution >= 4 is 0 Å². The van der Waals surface area contributed by atoms with Gasteiger partial charge in [-0.05, 0) is 6.92 Å². The summed E-state index contributed by atoms with van der Waals surface area (Å²) in [5.41, 5.74) is -0.101. The van der Waals surface area contributed by atoms with Crippen LogP contribution in [0.15, 0.2) is 17.1 Å². The van der Waals surface area contributed by atoms with E-state index < -0.39 is 0 Å². The summed E-state index contributed by atoms with van der Waals surface area (Å²) in [7, 11) is 0. The van der Waals surface area contributed by atoms with Crippen LogP contribution in [0.4, 0.5) is 0 Å². The SMILES string of the molecule is C#CCn1c(C)nccc1=O.